The number of nitrogens with zero attached hydrogens (tertiary/aromatic N) is 2. The summed E-state index contributed by atoms with van der Waals surface area (Å²) in [6.07, 6.45) is 4.64. The second kappa shape index (κ2) is 14.6. The van der Waals surface area contributed by atoms with Crippen molar-refractivity contribution >= 4 is 29.4 Å². The average Bonchev–Trinajstić information content (AvgIpc) is 3.71. The highest BCUT2D eigenvalue weighted by Gasteiger charge is 2.74. The van der Waals surface area contributed by atoms with Gasteiger partial charge in [-0.1, -0.05) is 60.7 Å². The molecule has 2 bridgehead atoms. The summed E-state index contributed by atoms with van der Waals surface area (Å²) in [5, 5.41) is 12.8. The normalized spacial score (nSPS) is 24.8. The number of carbonyl (C=O) groups excluding carboxylic acids is 4. The first-order valence-corrected chi connectivity index (χ1v) is 16.4. The van der Waals surface area contributed by atoms with Gasteiger partial charge in [-0.05, 0) is 56.2 Å². The third-order valence-corrected chi connectivity index (χ3v) is 9.66. The molecule has 47 heavy (non-hydrogen) atoms. The van der Waals surface area contributed by atoms with E-state index in [1.807, 2.05) is 62.4 Å². The van der Waals surface area contributed by atoms with Crippen LogP contribution >= 0.6 is 0 Å². The number of ether oxygens (including phenoxy) is 2. The summed E-state index contributed by atoms with van der Waals surface area (Å²) < 4.78 is 12.2. The standard InChI is InChI=1S/C37H45N3O7/c1-5-7-17-29(42)46-23-27(26-15-9-8-10-16-26)38-34(43)30-28-18-19-37(47-28)31(30)35(44)40(21-12-22-41)33(37)36(45)39(20-6-2)32-24(3)13-11-14-25(32)4/h5-6,8-11,13-16,27-28,30-31,33,41H,1-2,7,12,17-23H2,3-4H3,(H,38,43)/t27-,28+,30-,31-,33+,37-/m1/s1. The van der Waals surface area contributed by atoms with E-state index in [1.54, 1.807) is 17.1 Å². The molecule has 3 aliphatic rings. The van der Waals surface area contributed by atoms with Crippen LogP contribution < -0.4 is 10.2 Å². The van der Waals surface area contributed by atoms with Gasteiger partial charge in [0.15, 0.2) is 0 Å². The summed E-state index contributed by atoms with van der Waals surface area (Å²) in [5.41, 5.74) is 2.12. The van der Waals surface area contributed by atoms with Crippen molar-refractivity contribution in [3.05, 3.63) is 90.5 Å². The highest BCUT2D eigenvalue weighted by molar-refractivity contribution is 6.05. The van der Waals surface area contributed by atoms with Crippen LogP contribution in [-0.4, -0.2) is 77.7 Å². The Balaban J connectivity index is 1.46. The number of anilines is 1. The van der Waals surface area contributed by atoms with E-state index in [0.29, 0.717) is 19.3 Å². The van der Waals surface area contributed by atoms with Gasteiger partial charge in [-0.15, -0.1) is 13.2 Å². The third kappa shape index (κ3) is 6.49. The third-order valence-electron chi connectivity index (χ3n) is 9.66. The number of hydrogen-bond donors (Lipinski definition) is 2. The number of aliphatic hydroxyl groups is 1. The van der Waals surface area contributed by atoms with Gasteiger partial charge in [0, 0.05) is 31.8 Å². The molecule has 3 saturated heterocycles. The molecular formula is C37H45N3O7. The van der Waals surface area contributed by atoms with Crippen molar-refractivity contribution in [1.29, 1.82) is 0 Å². The van der Waals surface area contributed by atoms with Gasteiger partial charge in [0.1, 0.15) is 18.2 Å². The summed E-state index contributed by atoms with van der Waals surface area (Å²) in [7, 11) is 0. The van der Waals surface area contributed by atoms with Gasteiger partial charge in [-0.2, -0.15) is 0 Å². The summed E-state index contributed by atoms with van der Waals surface area (Å²) in [4.78, 5) is 58.8. The Morgan fingerprint density at radius 1 is 1.13 bits per heavy atom. The predicted octanol–water partition coefficient (Wildman–Crippen LogP) is 3.95. The van der Waals surface area contributed by atoms with Crippen LogP contribution in [-0.2, 0) is 28.7 Å². The number of nitrogens with one attached hydrogen (secondary N) is 1. The Labute approximate surface area is 276 Å². The van der Waals surface area contributed by atoms with E-state index in [4.69, 9.17) is 9.47 Å². The molecule has 3 fully saturated rings. The number of benzene rings is 2. The van der Waals surface area contributed by atoms with E-state index < -0.39 is 41.6 Å². The fourth-order valence-corrected chi connectivity index (χ4v) is 7.66. The fraction of sp³-hybridized carbons (Fsp3) is 0.459. The molecule has 0 unspecified atom stereocenters. The van der Waals surface area contributed by atoms with Gasteiger partial charge >= 0.3 is 5.97 Å². The van der Waals surface area contributed by atoms with E-state index in [0.717, 1.165) is 22.4 Å². The first-order chi connectivity index (χ1) is 22.7. The molecule has 0 aliphatic carbocycles. The molecule has 0 saturated carbocycles. The topological polar surface area (TPSA) is 125 Å². The quantitative estimate of drug-likeness (QED) is 0.223. The number of carbonyl (C=O) groups is 4. The minimum atomic E-state index is -1.20. The maximum Gasteiger partial charge on any atom is 0.306 e. The zero-order valence-electron chi connectivity index (χ0n) is 27.2. The molecule has 5 rings (SSSR count). The van der Waals surface area contributed by atoms with Crippen LogP contribution in [0.2, 0.25) is 0 Å². The lowest BCUT2D eigenvalue weighted by Crippen LogP contribution is -2.57. The van der Waals surface area contributed by atoms with Gasteiger partial charge in [-0.25, -0.2) is 0 Å². The molecule has 3 aliphatic heterocycles. The van der Waals surface area contributed by atoms with E-state index in [-0.39, 0.29) is 56.9 Å². The van der Waals surface area contributed by atoms with E-state index in [9.17, 15) is 24.3 Å². The number of amides is 3. The van der Waals surface area contributed by atoms with Crippen LogP contribution in [0.3, 0.4) is 0 Å². The first kappa shape index (κ1) is 34.1. The molecule has 3 amide bonds. The Morgan fingerprint density at radius 3 is 2.51 bits per heavy atom. The number of para-hydroxylation sites is 1. The van der Waals surface area contributed by atoms with Gasteiger partial charge < -0.3 is 29.7 Å². The van der Waals surface area contributed by atoms with Crippen molar-refractivity contribution < 1.29 is 33.8 Å². The smallest absolute Gasteiger partial charge is 0.306 e. The number of fused-ring (bicyclic) bond motifs is 1. The molecule has 1 spiro atoms. The predicted molar refractivity (Wildman–Crippen MR) is 177 cm³/mol. The summed E-state index contributed by atoms with van der Waals surface area (Å²) in [6, 6.07) is 13.4. The molecular weight excluding hydrogens is 598 g/mol. The van der Waals surface area contributed by atoms with Crippen LogP contribution in [0.1, 0.15) is 54.8 Å². The van der Waals surface area contributed by atoms with Crippen LogP contribution in [0.25, 0.3) is 0 Å². The van der Waals surface area contributed by atoms with E-state index >= 15 is 0 Å². The van der Waals surface area contributed by atoms with Crippen molar-refractivity contribution in [1.82, 2.24) is 10.2 Å². The lowest BCUT2D eigenvalue weighted by atomic mass is 9.70. The maximum atomic E-state index is 14.7. The van der Waals surface area contributed by atoms with Gasteiger partial charge in [0.2, 0.25) is 11.8 Å². The Bertz CT molecular complexity index is 1490. The number of likely N-dealkylation sites (tertiary alicyclic amines) is 1. The molecule has 0 aromatic heterocycles. The van der Waals surface area contributed by atoms with Gasteiger partial charge in [-0.3, -0.25) is 19.2 Å². The molecule has 6 atom stereocenters. The second-order valence-electron chi connectivity index (χ2n) is 12.6. The number of aliphatic hydroxyl groups excluding tert-OH is 1. The average molecular weight is 644 g/mol. The molecule has 10 heteroatoms. The summed E-state index contributed by atoms with van der Waals surface area (Å²) in [6.45, 7) is 11.5. The number of hydrogen-bond acceptors (Lipinski definition) is 7. The fourth-order valence-electron chi connectivity index (χ4n) is 7.66. The monoisotopic (exact) mass is 643 g/mol. The molecule has 10 nitrogen and oxygen atoms in total. The number of rotatable bonds is 15. The Hall–Kier alpha value is -4.28. The molecule has 3 heterocycles. The van der Waals surface area contributed by atoms with Crippen molar-refractivity contribution in [2.75, 3.05) is 31.2 Å². The van der Waals surface area contributed by atoms with Crippen LogP contribution in [0, 0.1) is 25.7 Å². The Kier molecular flexibility index (Phi) is 10.6. The van der Waals surface area contributed by atoms with E-state index in [1.165, 1.54) is 4.90 Å². The number of aryl methyl sites for hydroxylation is 2. The van der Waals surface area contributed by atoms with Crippen LogP contribution in [0.15, 0.2) is 73.8 Å². The lowest BCUT2D eigenvalue weighted by molar-refractivity contribution is -0.146. The number of esters is 1. The van der Waals surface area contributed by atoms with Crippen molar-refractivity contribution in [3.63, 3.8) is 0 Å². The largest absolute Gasteiger partial charge is 0.463 e. The highest BCUT2D eigenvalue weighted by Crippen LogP contribution is 2.58. The van der Waals surface area contributed by atoms with Crippen molar-refractivity contribution in [2.45, 2.75) is 69.7 Å². The minimum absolute atomic E-state index is 0.0796. The van der Waals surface area contributed by atoms with Crippen LogP contribution in [0.4, 0.5) is 5.69 Å². The van der Waals surface area contributed by atoms with E-state index in [2.05, 4.69) is 18.5 Å². The first-order valence-electron chi connectivity index (χ1n) is 16.4. The number of allylic oxidation sites excluding steroid dienone is 1. The molecule has 2 aromatic rings. The SMILES string of the molecule is C=CCCC(=O)OC[C@@H](NC(=O)[C@@H]1[C@@H]2CC[C@]3(O2)[C@H](C(=O)N(CC=C)c2c(C)cccc2C)N(CCCO)C(=O)[C@@H]13)c1ccccc1. The van der Waals surface area contributed by atoms with Crippen LogP contribution in [0.5, 0.6) is 0 Å². The maximum absolute atomic E-state index is 14.7. The Morgan fingerprint density at radius 2 is 1.85 bits per heavy atom. The van der Waals surface area contributed by atoms with Crippen molar-refractivity contribution in [2.24, 2.45) is 11.8 Å². The lowest BCUT2D eigenvalue weighted by Gasteiger charge is -2.37. The summed E-state index contributed by atoms with van der Waals surface area (Å²) >= 11 is 0. The molecule has 250 valence electrons. The second-order valence-corrected chi connectivity index (χ2v) is 12.6. The zero-order valence-corrected chi connectivity index (χ0v) is 27.2. The highest BCUT2D eigenvalue weighted by atomic mass is 16.5. The molecule has 2 aromatic carbocycles. The minimum Gasteiger partial charge on any atom is -0.463 e. The van der Waals surface area contributed by atoms with Gasteiger partial charge in [0.05, 0.1) is 24.0 Å². The summed E-state index contributed by atoms with van der Waals surface area (Å²) in [5.74, 6) is -3.15. The van der Waals surface area contributed by atoms with Crippen molar-refractivity contribution in [3.8, 4) is 0 Å². The molecule has 0 radical (unpaired) electrons. The molecule has 2 N–H and O–H groups in total. The zero-order chi connectivity index (χ0) is 33.7. The van der Waals surface area contributed by atoms with Gasteiger partial charge in [0.25, 0.3) is 5.91 Å².